The summed E-state index contributed by atoms with van der Waals surface area (Å²) < 4.78 is 5.67. The lowest BCUT2D eigenvalue weighted by molar-refractivity contribution is -0.119. The van der Waals surface area contributed by atoms with Crippen molar-refractivity contribution < 1.29 is 9.53 Å². The summed E-state index contributed by atoms with van der Waals surface area (Å²) in [6.07, 6.45) is 7.74. The van der Waals surface area contributed by atoms with Gasteiger partial charge in [-0.15, -0.1) is 24.0 Å². The average molecular weight is 505 g/mol. The van der Waals surface area contributed by atoms with Crippen LogP contribution in [0.4, 0.5) is 0 Å². The Morgan fingerprint density at radius 1 is 1.18 bits per heavy atom. The van der Waals surface area contributed by atoms with Crippen molar-refractivity contribution >= 4 is 35.8 Å². The second kappa shape index (κ2) is 9.47. The summed E-state index contributed by atoms with van der Waals surface area (Å²) in [4.78, 5) is 21.5. The van der Waals surface area contributed by atoms with Crippen molar-refractivity contribution in [3.05, 3.63) is 0 Å². The summed E-state index contributed by atoms with van der Waals surface area (Å²) in [5.74, 6) is 1.20. The van der Waals surface area contributed by atoms with Crippen LogP contribution >= 0.6 is 24.0 Å². The van der Waals surface area contributed by atoms with Gasteiger partial charge in [-0.1, -0.05) is 0 Å². The highest BCUT2D eigenvalue weighted by molar-refractivity contribution is 14.0. The molecule has 4 heterocycles. The van der Waals surface area contributed by atoms with Crippen molar-refractivity contribution in [2.75, 3.05) is 59.5 Å². The number of nitrogens with zero attached hydrogens (tertiary/aromatic N) is 3. The second-order valence-electron chi connectivity index (χ2n) is 8.91. The molecule has 1 unspecified atom stereocenters. The molecule has 4 fully saturated rings. The molecule has 0 bridgehead atoms. The molecule has 4 aliphatic heterocycles. The normalized spacial score (nSPS) is 31.0. The third-order valence-corrected chi connectivity index (χ3v) is 7.14. The standard InChI is InChI=1S/C20H35N5O2.HI/c1-21-18(24-8-4-5-19(16-24)13-17(26)22-14-19)23-15-20(6-11-27-12-7-20)25-9-2-3-10-25;/h2-16H2,1H3,(H,21,23)(H,22,26);1H. The van der Waals surface area contributed by atoms with Crippen molar-refractivity contribution in [3.8, 4) is 0 Å². The first-order valence-corrected chi connectivity index (χ1v) is 10.7. The van der Waals surface area contributed by atoms with E-state index in [9.17, 15) is 4.79 Å². The second-order valence-corrected chi connectivity index (χ2v) is 8.91. The Morgan fingerprint density at radius 2 is 1.93 bits per heavy atom. The fourth-order valence-corrected chi connectivity index (χ4v) is 5.55. The van der Waals surface area contributed by atoms with Gasteiger partial charge in [0.2, 0.25) is 5.91 Å². The molecule has 0 aromatic carbocycles. The first kappa shape index (κ1) is 22.1. The van der Waals surface area contributed by atoms with Crippen molar-refractivity contribution in [3.63, 3.8) is 0 Å². The van der Waals surface area contributed by atoms with Crippen molar-refractivity contribution in [1.82, 2.24) is 20.4 Å². The molecular weight excluding hydrogens is 469 g/mol. The van der Waals surface area contributed by atoms with Gasteiger partial charge in [0.1, 0.15) is 0 Å². The lowest BCUT2D eigenvalue weighted by atomic mass is 9.79. The predicted octanol–water partition coefficient (Wildman–Crippen LogP) is 1.43. The Balaban J connectivity index is 0.00000225. The van der Waals surface area contributed by atoms with Crippen LogP contribution in [0.1, 0.15) is 44.9 Å². The molecule has 0 aromatic rings. The van der Waals surface area contributed by atoms with E-state index in [-0.39, 0.29) is 40.8 Å². The lowest BCUT2D eigenvalue weighted by Gasteiger charge is -2.46. The maximum atomic E-state index is 11.8. The predicted molar refractivity (Wildman–Crippen MR) is 121 cm³/mol. The number of rotatable bonds is 3. The van der Waals surface area contributed by atoms with Crippen molar-refractivity contribution in [1.29, 1.82) is 0 Å². The number of amides is 1. The van der Waals surface area contributed by atoms with E-state index in [1.807, 2.05) is 7.05 Å². The van der Waals surface area contributed by atoms with Gasteiger partial charge in [0, 0.05) is 63.8 Å². The Hall–Kier alpha value is -0.610. The SMILES string of the molecule is CN=C(NCC1(N2CCCC2)CCOCC1)N1CCCC2(CNC(=O)C2)C1.I. The zero-order valence-electron chi connectivity index (χ0n) is 17.2. The molecule has 1 spiro atoms. The number of ether oxygens (including phenoxy) is 1. The molecular formula is C20H36IN5O2. The van der Waals surface area contributed by atoms with Crippen molar-refractivity contribution in [2.24, 2.45) is 10.4 Å². The van der Waals surface area contributed by atoms with Crippen LogP contribution in [0.5, 0.6) is 0 Å². The minimum Gasteiger partial charge on any atom is -0.381 e. The summed E-state index contributed by atoms with van der Waals surface area (Å²) >= 11 is 0. The van der Waals surface area contributed by atoms with Crippen LogP contribution < -0.4 is 10.6 Å². The number of carbonyl (C=O) groups excluding carboxylic acids is 1. The first-order valence-electron chi connectivity index (χ1n) is 10.7. The number of aliphatic imine (C=N–C) groups is 1. The van der Waals surface area contributed by atoms with Gasteiger partial charge in [-0.3, -0.25) is 14.7 Å². The zero-order chi connectivity index (χ0) is 18.7. The number of nitrogens with one attached hydrogen (secondary N) is 2. The number of hydrogen-bond acceptors (Lipinski definition) is 4. The summed E-state index contributed by atoms with van der Waals surface area (Å²) in [6, 6.07) is 0. The van der Waals surface area contributed by atoms with Gasteiger partial charge in [0.25, 0.3) is 0 Å². The lowest BCUT2D eigenvalue weighted by Crippen LogP contribution is -2.60. The van der Waals surface area contributed by atoms with Gasteiger partial charge < -0.3 is 20.3 Å². The molecule has 8 heteroatoms. The third-order valence-electron chi connectivity index (χ3n) is 7.14. The van der Waals surface area contributed by atoms with E-state index >= 15 is 0 Å². The van der Waals surface area contributed by atoms with Gasteiger partial charge in [-0.2, -0.15) is 0 Å². The Morgan fingerprint density at radius 3 is 2.57 bits per heavy atom. The number of carbonyl (C=O) groups is 1. The fraction of sp³-hybridized carbons (Fsp3) is 0.900. The van der Waals surface area contributed by atoms with E-state index in [2.05, 4.69) is 25.4 Å². The highest BCUT2D eigenvalue weighted by Gasteiger charge is 2.43. The maximum Gasteiger partial charge on any atom is 0.220 e. The van der Waals surface area contributed by atoms with E-state index in [1.165, 1.54) is 25.9 Å². The van der Waals surface area contributed by atoms with Crippen LogP contribution in [0.2, 0.25) is 0 Å². The fourth-order valence-electron chi connectivity index (χ4n) is 5.55. The molecule has 160 valence electrons. The number of hydrogen-bond donors (Lipinski definition) is 2. The molecule has 1 amide bonds. The summed E-state index contributed by atoms with van der Waals surface area (Å²) in [5.41, 5.74) is 0.293. The quantitative estimate of drug-likeness (QED) is 0.345. The molecule has 2 N–H and O–H groups in total. The molecule has 0 aromatic heterocycles. The molecule has 7 nitrogen and oxygen atoms in total. The highest BCUT2D eigenvalue weighted by Crippen LogP contribution is 2.36. The minimum absolute atomic E-state index is 0. The highest BCUT2D eigenvalue weighted by atomic mass is 127. The average Bonchev–Trinajstić information content (AvgIpc) is 3.34. The maximum absolute atomic E-state index is 11.8. The molecule has 4 rings (SSSR count). The number of halogens is 1. The molecule has 28 heavy (non-hydrogen) atoms. The van der Waals surface area contributed by atoms with Crippen LogP contribution in [-0.4, -0.2) is 86.7 Å². The van der Waals surface area contributed by atoms with Gasteiger partial charge in [0.05, 0.1) is 0 Å². The van der Waals surface area contributed by atoms with E-state index in [4.69, 9.17) is 4.74 Å². The van der Waals surface area contributed by atoms with Gasteiger partial charge in [-0.05, 0) is 51.6 Å². The Bertz CT molecular complexity index is 575. The summed E-state index contributed by atoms with van der Waals surface area (Å²) in [5, 5.41) is 6.76. The molecule has 0 radical (unpaired) electrons. The van der Waals surface area contributed by atoms with E-state index < -0.39 is 0 Å². The molecule has 4 aliphatic rings. The van der Waals surface area contributed by atoms with Gasteiger partial charge in [-0.25, -0.2) is 0 Å². The largest absolute Gasteiger partial charge is 0.381 e. The Labute approximate surface area is 186 Å². The van der Waals surface area contributed by atoms with Crippen molar-refractivity contribution in [2.45, 2.75) is 50.5 Å². The summed E-state index contributed by atoms with van der Waals surface area (Å²) in [6.45, 7) is 7.83. The van der Waals surface area contributed by atoms with Gasteiger partial charge in [0.15, 0.2) is 5.96 Å². The van der Waals surface area contributed by atoms with Crippen LogP contribution in [0.3, 0.4) is 0 Å². The van der Waals surface area contributed by atoms with E-state index in [0.29, 0.717) is 6.42 Å². The van der Waals surface area contributed by atoms with E-state index in [1.54, 1.807) is 0 Å². The Kier molecular flexibility index (Phi) is 7.47. The topological polar surface area (TPSA) is 69.2 Å². The minimum atomic E-state index is 0. The summed E-state index contributed by atoms with van der Waals surface area (Å²) in [7, 11) is 1.88. The number of guanidine groups is 1. The van der Waals surface area contributed by atoms with Gasteiger partial charge >= 0.3 is 0 Å². The molecule has 1 atom stereocenters. The zero-order valence-corrected chi connectivity index (χ0v) is 19.5. The van der Waals surface area contributed by atoms with E-state index in [0.717, 1.165) is 71.0 Å². The number of likely N-dealkylation sites (tertiary alicyclic amines) is 2. The number of piperidine rings is 1. The monoisotopic (exact) mass is 505 g/mol. The molecule has 4 saturated heterocycles. The first-order chi connectivity index (χ1) is 13.1. The van der Waals surface area contributed by atoms with Crippen LogP contribution in [0.25, 0.3) is 0 Å². The smallest absolute Gasteiger partial charge is 0.220 e. The van der Waals surface area contributed by atoms with Crippen LogP contribution in [0, 0.1) is 5.41 Å². The van der Waals surface area contributed by atoms with Crippen LogP contribution in [0.15, 0.2) is 4.99 Å². The molecule has 0 aliphatic carbocycles. The van der Waals surface area contributed by atoms with Crippen LogP contribution in [-0.2, 0) is 9.53 Å². The third kappa shape index (κ3) is 4.59. The molecule has 0 saturated carbocycles.